The van der Waals surface area contributed by atoms with Crippen LogP contribution in [-0.2, 0) is 15.0 Å². The topological polar surface area (TPSA) is 72.2 Å². The summed E-state index contributed by atoms with van der Waals surface area (Å²) >= 11 is 3.37. The number of nitrogens with one attached hydrogen (secondary N) is 1. The van der Waals surface area contributed by atoms with E-state index in [-0.39, 0.29) is 11.8 Å². The highest BCUT2D eigenvalue weighted by molar-refractivity contribution is 9.10. The summed E-state index contributed by atoms with van der Waals surface area (Å²) in [5, 5.41) is 2.83. The van der Waals surface area contributed by atoms with Crippen molar-refractivity contribution >= 4 is 27.7 Å². The Morgan fingerprint density at radius 3 is 2.37 bits per heavy atom. The van der Waals surface area contributed by atoms with Gasteiger partial charge in [-0.2, -0.15) is 0 Å². The van der Waals surface area contributed by atoms with Crippen molar-refractivity contribution in [3.05, 3.63) is 34.3 Å². The minimum absolute atomic E-state index is 0.0562. The molecule has 19 heavy (non-hydrogen) atoms. The molecule has 1 aromatic carbocycles. The van der Waals surface area contributed by atoms with Crippen LogP contribution in [0.4, 0.5) is 0 Å². The molecular formula is C14H19BrN2O2. The molecule has 0 spiro atoms. The van der Waals surface area contributed by atoms with Crippen LogP contribution in [0.1, 0.15) is 32.3 Å². The third kappa shape index (κ3) is 4.67. The number of amides is 2. The smallest absolute Gasteiger partial charge is 0.230 e. The summed E-state index contributed by atoms with van der Waals surface area (Å²) in [5.41, 5.74) is 5.39. The molecule has 0 bridgehead atoms. The summed E-state index contributed by atoms with van der Waals surface area (Å²) in [6.45, 7) is 4.21. The Bertz CT molecular complexity index is 455. The van der Waals surface area contributed by atoms with Crippen molar-refractivity contribution in [1.29, 1.82) is 0 Å². The van der Waals surface area contributed by atoms with Crippen LogP contribution in [0.5, 0.6) is 0 Å². The average Bonchev–Trinajstić information content (AvgIpc) is 2.34. The van der Waals surface area contributed by atoms with Crippen molar-refractivity contribution in [1.82, 2.24) is 5.32 Å². The first-order chi connectivity index (χ1) is 8.84. The summed E-state index contributed by atoms with van der Waals surface area (Å²) in [5.74, 6) is -0.402. The van der Waals surface area contributed by atoms with Crippen molar-refractivity contribution in [3.8, 4) is 0 Å². The molecule has 0 saturated carbocycles. The van der Waals surface area contributed by atoms with Gasteiger partial charge in [-0.1, -0.05) is 28.1 Å². The molecule has 0 aliphatic carbocycles. The quantitative estimate of drug-likeness (QED) is 0.786. The Morgan fingerprint density at radius 1 is 1.26 bits per heavy atom. The van der Waals surface area contributed by atoms with Crippen molar-refractivity contribution in [2.45, 2.75) is 32.1 Å². The number of hydrogen-bond donors (Lipinski definition) is 2. The van der Waals surface area contributed by atoms with Gasteiger partial charge in [0.05, 0.1) is 5.41 Å². The lowest BCUT2D eigenvalue weighted by atomic mass is 9.84. The fraction of sp³-hybridized carbons (Fsp3) is 0.429. The van der Waals surface area contributed by atoms with Crippen LogP contribution in [0, 0.1) is 0 Å². The van der Waals surface area contributed by atoms with Crippen molar-refractivity contribution in [3.63, 3.8) is 0 Å². The fourth-order valence-electron chi connectivity index (χ4n) is 1.68. The number of rotatable bonds is 6. The van der Waals surface area contributed by atoms with E-state index in [0.717, 1.165) is 10.0 Å². The van der Waals surface area contributed by atoms with E-state index < -0.39 is 5.41 Å². The Morgan fingerprint density at radius 2 is 1.84 bits per heavy atom. The molecule has 0 aliphatic heterocycles. The Hall–Kier alpha value is -1.36. The molecule has 0 atom stereocenters. The molecule has 0 saturated heterocycles. The van der Waals surface area contributed by atoms with Crippen LogP contribution >= 0.6 is 15.9 Å². The van der Waals surface area contributed by atoms with Crippen molar-refractivity contribution in [2.24, 2.45) is 5.73 Å². The highest BCUT2D eigenvalue weighted by Gasteiger charge is 2.29. The molecule has 0 unspecified atom stereocenters. The maximum atomic E-state index is 12.2. The van der Waals surface area contributed by atoms with Crippen molar-refractivity contribution in [2.75, 3.05) is 6.54 Å². The van der Waals surface area contributed by atoms with Gasteiger partial charge in [0.25, 0.3) is 0 Å². The summed E-state index contributed by atoms with van der Waals surface area (Å²) in [6.07, 6.45) is 0.858. The van der Waals surface area contributed by atoms with E-state index in [1.54, 1.807) is 0 Å². The van der Waals surface area contributed by atoms with E-state index in [0.29, 0.717) is 19.4 Å². The molecule has 0 heterocycles. The van der Waals surface area contributed by atoms with Gasteiger partial charge in [-0.25, -0.2) is 0 Å². The first-order valence-corrected chi connectivity index (χ1v) is 6.96. The highest BCUT2D eigenvalue weighted by Crippen LogP contribution is 2.24. The number of benzene rings is 1. The van der Waals surface area contributed by atoms with Crippen LogP contribution in [0.2, 0.25) is 0 Å². The summed E-state index contributed by atoms with van der Waals surface area (Å²) in [6, 6.07) is 7.68. The zero-order chi connectivity index (χ0) is 14.5. The largest absolute Gasteiger partial charge is 0.370 e. The van der Waals surface area contributed by atoms with Gasteiger partial charge in [0.1, 0.15) is 0 Å². The monoisotopic (exact) mass is 326 g/mol. The molecule has 1 aromatic rings. The highest BCUT2D eigenvalue weighted by atomic mass is 79.9. The zero-order valence-electron chi connectivity index (χ0n) is 11.2. The van der Waals surface area contributed by atoms with E-state index >= 15 is 0 Å². The molecule has 1 rings (SSSR count). The van der Waals surface area contributed by atoms with E-state index in [2.05, 4.69) is 21.2 Å². The first-order valence-electron chi connectivity index (χ1n) is 6.16. The summed E-state index contributed by atoms with van der Waals surface area (Å²) in [4.78, 5) is 22.8. The average molecular weight is 327 g/mol. The molecule has 5 heteroatoms. The molecule has 2 amide bonds. The Labute approximate surface area is 121 Å². The second kappa shape index (κ2) is 6.70. The lowest BCUT2D eigenvalue weighted by Gasteiger charge is -2.24. The van der Waals surface area contributed by atoms with Gasteiger partial charge in [-0.05, 0) is 38.0 Å². The number of carbonyl (C=O) groups is 2. The minimum atomic E-state index is -0.604. The van der Waals surface area contributed by atoms with Gasteiger partial charge in [0.15, 0.2) is 0 Å². The van der Waals surface area contributed by atoms with Gasteiger partial charge in [-0.3, -0.25) is 9.59 Å². The normalized spacial score (nSPS) is 11.1. The van der Waals surface area contributed by atoms with Gasteiger partial charge in [0, 0.05) is 17.4 Å². The maximum absolute atomic E-state index is 12.2. The zero-order valence-corrected chi connectivity index (χ0v) is 12.8. The number of carbonyl (C=O) groups excluding carboxylic acids is 2. The van der Waals surface area contributed by atoms with Gasteiger partial charge in [-0.15, -0.1) is 0 Å². The number of hydrogen-bond acceptors (Lipinski definition) is 2. The van der Waals surface area contributed by atoms with E-state index in [1.165, 1.54) is 0 Å². The second-order valence-electron chi connectivity index (χ2n) is 4.96. The lowest BCUT2D eigenvalue weighted by molar-refractivity contribution is -0.126. The lowest BCUT2D eigenvalue weighted by Crippen LogP contribution is -2.40. The Kier molecular flexibility index (Phi) is 5.54. The third-order valence-corrected chi connectivity index (χ3v) is 3.55. The number of nitrogens with two attached hydrogens (primary N) is 1. The van der Waals surface area contributed by atoms with Crippen LogP contribution in [-0.4, -0.2) is 18.4 Å². The van der Waals surface area contributed by atoms with Crippen LogP contribution < -0.4 is 11.1 Å². The SMILES string of the molecule is CC(C)(C(=O)NCCCC(N)=O)c1ccc(Br)cc1. The van der Waals surface area contributed by atoms with Gasteiger partial charge >= 0.3 is 0 Å². The van der Waals surface area contributed by atoms with E-state index in [1.807, 2.05) is 38.1 Å². The first kappa shape index (κ1) is 15.7. The fourth-order valence-corrected chi connectivity index (χ4v) is 1.95. The molecule has 0 radical (unpaired) electrons. The van der Waals surface area contributed by atoms with Gasteiger partial charge < -0.3 is 11.1 Å². The predicted octanol–water partition coefficient (Wildman–Crippen LogP) is 2.11. The van der Waals surface area contributed by atoms with E-state index in [4.69, 9.17) is 5.73 Å². The third-order valence-electron chi connectivity index (χ3n) is 3.02. The molecular weight excluding hydrogens is 308 g/mol. The maximum Gasteiger partial charge on any atom is 0.230 e. The number of halogens is 1. The Balaban J connectivity index is 2.58. The summed E-state index contributed by atoms with van der Waals surface area (Å²) in [7, 11) is 0. The molecule has 0 aromatic heterocycles. The molecule has 0 aliphatic rings. The second-order valence-corrected chi connectivity index (χ2v) is 5.87. The standard InChI is InChI=1S/C14H19BrN2O2/c1-14(2,10-5-7-11(15)8-6-10)13(19)17-9-3-4-12(16)18/h5-8H,3-4,9H2,1-2H3,(H2,16,18)(H,17,19). The number of primary amides is 1. The van der Waals surface area contributed by atoms with Crippen LogP contribution in [0.3, 0.4) is 0 Å². The van der Waals surface area contributed by atoms with Crippen LogP contribution in [0.15, 0.2) is 28.7 Å². The summed E-state index contributed by atoms with van der Waals surface area (Å²) < 4.78 is 0.980. The molecule has 3 N–H and O–H groups in total. The minimum Gasteiger partial charge on any atom is -0.370 e. The van der Waals surface area contributed by atoms with Gasteiger partial charge in [0.2, 0.25) is 11.8 Å². The molecule has 4 nitrogen and oxygen atoms in total. The van der Waals surface area contributed by atoms with E-state index in [9.17, 15) is 9.59 Å². The predicted molar refractivity (Wildman–Crippen MR) is 78.6 cm³/mol. The molecule has 104 valence electrons. The molecule has 0 fully saturated rings. The van der Waals surface area contributed by atoms with Crippen molar-refractivity contribution < 1.29 is 9.59 Å². The van der Waals surface area contributed by atoms with Crippen LogP contribution in [0.25, 0.3) is 0 Å².